The minimum Gasteiger partial charge on any atom is -0.355 e. The number of carbonyl (C=O) groups is 3. The highest BCUT2D eigenvalue weighted by Gasteiger charge is 2.28. The minimum atomic E-state index is -0.159. The number of likely N-dealkylation sites (tertiary alicyclic amines) is 1. The van der Waals surface area contributed by atoms with Crippen LogP contribution >= 0.6 is 0 Å². The van der Waals surface area contributed by atoms with Crippen molar-refractivity contribution >= 4 is 23.4 Å². The third-order valence-corrected chi connectivity index (χ3v) is 5.85. The topological polar surface area (TPSA) is 90.5 Å². The Balaban J connectivity index is 1.46. The van der Waals surface area contributed by atoms with Gasteiger partial charge < -0.3 is 16.0 Å². The number of piperidine rings is 1. The van der Waals surface area contributed by atoms with Crippen molar-refractivity contribution in [2.45, 2.75) is 51.0 Å². The maximum atomic E-state index is 12.6. The van der Waals surface area contributed by atoms with Crippen LogP contribution in [0.25, 0.3) is 0 Å². The van der Waals surface area contributed by atoms with Gasteiger partial charge in [-0.05, 0) is 56.5 Å². The second-order valence-electron chi connectivity index (χ2n) is 8.12. The fourth-order valence-electron chi connectivity index (χ4n) is 4.23. The number of hydrogen-bond donors (Lipinski definition) is 3. The van der Waals surface area contributed by atoms with Gasteiger partial charge in [-0.25, -0.2) is 0 Å². The lowest BCUT2D eigenvalue weighted by Crippen LogP contribution is -2.47. The quantitative estimate of drug-likeness (QED) is 0.682. The van der Waals surface area contributed by atoms with Gasteiger partial charge in [0.15, 0.2) is 0 Å². The highest BCUT2D eigenvalue weighted by atomic mass is 16.2. The highest BCUT2D eigenvalue weighted by Crippen LogP contribution is 2.21. The second kappa shape index (κ2) is 10.4. The van der Waals surface area contributed by atoms with Crippen molar-refractivity contribution in [1.29, 1.82) is 0 Å². The van der Waals surface area contributed by atoms with Crippen LogP contribution in [0, 0.1) is 5.92 Å². The molecular formula is C22H32N4O3. The second-order valence-corrected chi connectivity index (χ2v) is 8.12. The van der Waals surface area contributed by atoms with Gasteiger partial charge >= 0.3 is 0 Å². The number of nitrogens with zero attached hydrogens (tertiary/aromatic N) is 1. The molecule has 2 aliphatic rings. The van der Waals surface area contributed by atoms with Crippen molar-refractivity contribution in [3.8, 4) is 0 Å². The molecule has 158 valence electrons. The van der Waals surface area contributed by atoms with Crippen LogP contribution in [0.15, 0.2) is 24.3 Å². The summed E-state index contributed by atoms with van der Waals surface area (Å²) in [6.45, 7) is 1.72. The molecule has 2 fully saturated rings. The molecule has 3 amide bonds. The van der Waals surface area contributed by atoms with Crippen LogP contribution in [0.3, 0.4) is 0 Å². The molecule has 1 aromatic carbocycles. The van der Waals surface area contributed by atoms with E-state index < -0.39 is 0 Å². The Bertz CT molecular complexity index is 713. The smallest absolute Gasteiger partial charge is 0.251 e. The van der Waals surface area contributed by atoms with Crippen molar-refractivity contribution in [3.05, 3.63) is 29.8 Å². The van der Waals surface area contributed by atoms with E-state index in [0.29, 0.717) is 23.8 Å². The summed E-state index contributed by atoms with van der Waals surface area (Å²) in [7, 11) is 1.58. The Morgan fingerprint density at radius 2 is 1.72 bits per heavy atom. The number of amides is 3. The molecule has 1 aliphatic carbocycles. The third kappa shape index (κ3) is 6.29. The molecule has 1 aromatic rings. The van der Waals surface area contributed by atoms with Crippen LogP contribution in [-0.4, -0.2) is 55.3 Å². The predicted molar refractivity (Wildman–Crippen MR) is 113 cm³/mol. The van der Waals surface area contributed by atoms with Gasteiger partial charge in [-0.15, -0.1) is 0 Å². The summed E-state index contributed by atoms with van der Waals surface area (Å²) in [6, 6.07) is 7.13. The zero-order valence-electron chi connectivity index (χ0n) is 17.2. The highest BCUT2D eigenvalue weighted by molar-refractivity contribution is 5.96. The first-order valence-electron chi connectivity index (χ1n) is 10.7. The van der Waals surface area contributed by atoms with E-state index in [2.05, 4.69) is 20.9 Å². The lowest BCUT2D eigenvalue weighted by atomic mass is 9.93. The van der Waals surface area contributed by atoms with Crippen LogP contribution in [0.5, 0.6) is 0 Å². The maximum Gasteiger partial charge on any atom is 0.251 e. The maximum absolute atomic E-state index is 12.6. The van der Waals surface area contributed by atoms with Crippen LogP contribution in [0.2, 0.25) is 0 Å². The fraction of sp³-hybridized carbons (Fsp3) is 0.591. The van der Waals surface area contributed by atoms with Gasteiger partial charge in [0.1, 0.15) is 0 Å². The summed E-state index contributed by atoms with van der Waals surface area (Å²) in [5.74, 6) is -0.156. The number of rotatable bonds is 6. The van der Waals surface area contributed by atoms with E-state index in [1.807, 2.05) is 0 Å². The first-order valence-corrected chi connectivity index (χ1v) is 10.7. The summed E-state index contributed by atoms with van der Waals surface area (Å²) in [5.41, 5.74) is 1.21. The molecule has 1 atom stereocenters. The van der Waals surface area contributed by atoms with E-state index in [-0.39, 0.29) is 30.2 Å². The lowest BCUT2D eigenvalue weighted by molar-refractivity contribution is -0.128. The number of benzene rings is 1. The molecule has 29 heavy (non-hydrogen) atoms. The molecule has 3 N–H and O–H groups in total. The number of carbonyl (C=O) groups excluding carboxylic acids is 3. The van der Waals surface area contributed by atoms with Crippen LogP contribution in [0.4, 0.5) is 5.69 Å². The van der Waals surface area contributed by atoms with Crippen LogP contribution in [-0.2, 0) is 9.59 Å². The minimum absolute atomic E-state index is 0.0367. The summed E-state index contributed by atoms with van der Waals surface area (Å²) in [6.07, 6.45) is 7.66. The summed E-state index contributed by atoms with van der Waals surface area (Å²) in [5, 5.41) is 8.66. The molecule has 0 aromatic heterocycles. The van der Waals surface area contributed by atoms with E-state index in [0.717, 1.165) is 32.2 Å². The lowest BCUT2D eigenvalue weighted by Gasteiger charge is -2.33. The van der Waals surface area contributed by atoms with Crippen molar-refractivity contribution in [2.24, 2.45) is 5.92 Å². The van der Waals surface area contributed by atoms with Crippen LogP contribution in [0.1, 0.15) is 55.3 Å². The molecule has 0 bridgehead atoms. The number of hydrogen-bond acceptors (Lipinski definition) is 4. The zero-order valence-corrected chi connectivity index (χ0v) is 17.2. The molecule has 0 spiro atoms. The van der Waals surface area contributed by atoms with E-state index in [9.17, 15) is 14.4 Å². The molecule has 7 heteroatoms. The molecule has 1 unspecified atom stereocenters. The Hall–Kier alpha value is -2.41. The molecule has 7 nitrogen and oxygen atoms in total. The Kier molecular flexibility index (Phi) is 7.63. The predicted octanol–water partition coefficient (Wildman–Crippen LogP) is 2.15. The molecule has 0 radical (unpaired) electrons. The van der Waals surface area contributed by atoms with E-state index in [4.69, 9.17) is 0 Å². The molecule has 1 heterocycles. The standard InChI is InChI=1S/C22H32N4O3/c1-23-21(28)16-9-11-19(12-10-16)24-20(27)15-26-13-5-6-17(14-26)22(29)25-18-7-3-2-4-8-18/h9-12,17-18H,2-8,13-15H2,1H3,(H,23,28)(H,24,27)(H,25,29). The first kappa shape index (κ1) is 21.3. The van der Waals surface area contributed by atoms with Gasteiger partial charge in [0, 0.05) is 30.9 Å². The van der Waals surface area contributed by atoms with E-state index in [1.165, 1.54) is 19.3 Å². The normalized spacial score (nSPS) is 20.7. The summed E-state index contributed by atoms with van der Waals surface area (Å²) >= 11 is 0. The summed E-state index contributed by atoms with van der Waals surface area (Å²) < 4.78 is 0. The molecule has 1 saturated heterocycles. The first-order chi connectivity index (χ1) is 14.0. The Morgan fingerprint density at radius 3 is 2.41 bits per heavy atom. The monoisotopic (exact) mass is 400 g/mol. The van der Waals surface area contributed by atoms with E-state index in [1.54, 1.807) is 31.3 Å². The van der Waals surface area contributed by atoms with Crippen molar-refractivity contribution in [2.75, 3.05) is 32.0 Å². The Labute approximate surface area is 172 Å². The molecule has 1 aliphatic heterocycles. The number of anilines is 1. The van der Waals surface area contributed by atoms with Gasteiger partial charge in [-0.1, -0.05) is 19.3 Å². The Morgan fingerprint density at radius 1 is 1.00 bits per heavy atom. The van der Waals surface area contributed by atoms with Crippen LogP contribution < -0.4 is 16.0 Å². The third-order valence-electron chi connectivity index (χ3n) is 5.85. The van der Waals surface area contributed by atoms with Gasteiger partial charge in [-0.2, -0.15) is 0 Å². The SMILES string of the molecule is CNC(=O)c1ccc(NC(=O)CN2CCCC(C(=O)NC3CCCCC3)C2)cc1. The van der Waals surface area contributed by atoms with Gasteiger partial charge in [0.25, 0.3) is 5.91 Å². The zero-order chi connectivity index (χ0) is 20.6. The molecule has 3 rings (SSSR count). The van der Waals surface area contributed by atoms with Crippen molar-refractivity contribution < 1.29 is 14.4 Å². The average Bonchev–Trinajstić information content (AvgIpc) is 2.74. The molecule has 1 saturated carbocycles. The average molecular weight is 401 g/mol. The largest absolute Gasteiger partial charge is 0.355 e. The van der Waals surface area contributed by atoms with Gasteiger partial charge in [0.2, 0.25) is 11.8 Å². The van der Waals surface area contributed by atoms with E-state index >= 15 is 0 Å². The van der Waals surface area contributed by atoms with Crippen molar-refractivity contribution in [1.82, 2.24) is 15.5 Å². The number of nitrogens with one attached hydrogen (secondary N) is 3. The van der Waals surface area contributed by atoms with Crippen molar-refractivity contribution in [3.63, 3.8) is 0 Å². The molecular weight excluding hydrogens is 368 g/mol. The fourth-order valence-corrected chi connectivity index (χ4v) is 4.23. The summed E-state index contributed by atoms with van der Waals surface area (Å²) in [4.78, 5) is 38.7. The van der Waals surface area contributed by atoms with Gasteiger partial charge in [-0.3, -0.25) is 19.3 Å². The van der Waals surface area contributed by atoms with Gasteiger partial charge in [0.05, 0.1) is 12.5 Å².